The van der Waals surface area contributed by atoms with E-state index >= 15 is 0 Å². The number of hydrogen-bond donors (Lipinski definition) is 0. The first-order valence-corrected chi connectivity index (χ1v) is 9.78. The highest BCUT2D eigenvalue weighted by atomic mass is 28.4. The molecule has 20 heavy (non-hydrogen) atoms. The summed E-state index contributed by atoms with van der Waals surface area (Å²) in [7, 11) is 2.58. The molecular formula is C14H30O5Si. The van der Waals surface area contributed by atoms with Crippen LogP contribution in [0.1, 0.15) is 33.6 Å². The zero-order chi connectivity index (χ0) is 16.0. The van der Waals surface area contributed by atoms with Gasteiger partial charge in [-0.3, -0.25) is 4.79 Å². The summed E-state index contributed by atoms with van der Waals surface area (Å²) >= 11 is 0. The van der Waals surface area contributed by atoms with Gasteiger partial charge in [-0.1, -0.05) is 20.8 Å². The van der Waals surface area contributed by atoms with E-state index in [-0.39, 0.29) is 29.8 Å². The SMILES string of the molecule is COC(=O)CC(CC(OC)OC)O[Si](C)(C)C(C)(C)C. The molecule has 0 heterocycles. The maximum atomic E-state index is 11.5. The molecule has 0 saturated carbocycles. The molecule has 0 radical (unpaired) electrons. The van der Waals surface area contributed by atoms with Crippen molar-refractivity contribution >= 4 is 14.3 Å². The average molecular weight is 306 g/mol. The molecule has 5 nitrogen and oxygen atoms in total. The third kappa shape index (κ3) is 6.34. The van der Waals surface area contributed by atoms with Crippen molar-refractivity contribution in [2.45, 2.75) is 64.1 Å². The van der Waals surface area contributed by atoms with E-state index in [1.807, 2.05) is 0 Å². The molecule has 0 N–H and O–H groups in total. The Balaban J connectivity index is 4.89. The molecule has 0 aromatic carbocycles. The largest absolute Gasteiger partial charge is 0.469 e. The number of methoxy groups -OCH3 is 3. The van der Waals surface area contributed by atoms with Crippen LogP contribution in [0.2, 0.25) is 18.1 Å². The number of carbonyl (C=O) groups excluding carboxylic acids is 1. The van der Waals surface area contributed by atoms with Gasteiger partial charge in [0.05, 0.1) is 19.6 Å². The minimum atomic E-state index is -1.96. The van der Waals surface area contributed by atoms with Crippen LogP contribution in [0.15, 0.2) is 0 Å². The number of ether oxygens (including phenoxy) is 3. The fraction of sp³-hybridized carbons (Fsp3) is 0.929. The number of rotatable bonds is 8. The molecule has 0 aromatic rings. The van der Waals surface area contributed by atoms with Crippen LogP contribution in [0.3, 0.4) is 0 Å². The average Bonchev–Trinajstić information content (AvgIpc) is 2.33. The van der Waals surface area contributed by atoms with E-state index in [0.717, 1.165) is 0 Å². The van der Waals surface area contributed by atoms with Gasteiger partial charge in [0.15, 0.2) is 14.6 Å². The van der Waals surface area contributed by atoms with Gasteiger partial charge >= 0.3 is 5.97 Å². The molecule has 0 amide bonds. The molecular weight excluding hydrogens is 276 g/mol. The Kier molecular flexibility index (Phi) is 7.94. The first-order valence-electron chi connectivity index (χ1n) is 6.87. The van der Waals surface area contributed by atoms with E-state index in [2.05, 4.69) is 33.9 Å². The van der Waals surface area contributed by atoms with E-state index in [4.69, 9.17) is 18.6 Å². The fourth-order valence-corrected chi connectivity index (χ4v) is 2.91. The summed E-state index contributed by atoms with van der Waals surface area (Å²) in [6, 6.07) is 0. The zero-order valence-electron chi connectivity index (χ0n) is 14.1. The van der Waals surface area contributed by atoms with Gasteiger partial charge in [-0.2, -0.15) is 0 Å². The van der Waals surface area contributed by atoms with E-state index < -0.39 is 8.32 Å². The van der Waals surface area contributed by atoms with Crippen LogP contribution in [0.5, 0.6) is 0 Å². The number of esters is 1. The standard InChI is InChI=1S/C14H30O5Si/c1-14(2,3)20(7,8)19-11(9-12(15)16-4)10-13(17-5)18-6/h11,13H,9-10H2,1-8H3. The van der Waals surface area contributed by atoms with Gasteiger partial charge in [0.1, 0.15) is 0 Å². The second-order valence-electron chi connectivity index (χ2n) is 6.42. The molecule has 0 aromatic heterocycles. The van der Waals surface area contributed by atoms with Crippen LogP contribution in [-0.2, 0) is 23.4 Å². The summed E-state index contributed by atoms with van der Waals surface area (Å²) < 4.78 is 21.4. The topological polar surface area (TPSA) is 54.0 Å². The second-order valence-corrected chi connectivity index (χ2v) is 11.2. The van der Waals surface area contributed by atoms with Crippen molar-refractivity contribution < 1.29 is 23.4 Å². The minimum Gasteiger partial charge on any atom is -0.469 e. The van der Waals surface area contributed by atoms with E-state index in [0.29, 0.717) is 6.42 Å². The van der Waals surface area contributed by atoms with Gasteiger partial charge in [0.2, 0.25) is 0 Å². The highest BCUT2D eigenvalue weighted by Gasteiger charge is 2.40. The fourth-order valence-electron chi connectivity index (χ4n) is 1.54. The Morgan fingerprint density at radius 1 is 1.10 bits per heavy atom. The van der Waals surface area contributed by atoms with Gasteiger partial charge in [0, 0.05) is 20.6 Å². The summed E-state index contributed by atoms with van der Waals surface area (Å²) in [4.78, 5) is 11.5. The molecule has 0 aliphatic carbocycles. The molecule has 0 fully saturated rings. The number of carbonyl (C=O) groups is 1. The second kappa shape index (κ2) is 8.12. The van der Waals surface area contributed by atoms with E-state index in [9.17, 15) is 4.79 Å². The molecule has 0 bridgehead atoms. The molecule has 0 saturated heterocycles. The Morgan fingerprint density at radius 3 is 1.95 bits per heavy atom. The Bertz CT molecular complexity index is 294. The molecule has 0 aliphatic rings. The van der Waals surface area contributed by atoms with Crippen molar-refractivity contribution in [3.05, 3.63) is 0 Å². The summed E-state index contributed by atoms with van der Waals surface area (Å²) in [6.45, 7) is 10.8. The summed E-state index contributed by atoms with van der Waals surface area (Å²) in [6.07, 6.45) is 0.0866. The van der Waals surface area contributed by atoms with Crippen molar-refractivity contribution in [3.8, 4) is 0 Å². The zero-order valence-corrected chi connectivity index (χ0v) is 15.1. The van der Waals surface area contributed by atoms with Crippen LogP contribution < -0.4 is 0 Å². The van der Waals surface area contributed by atoms with Crippen molar-refractivity contribution in [2.75, 3.05) is 21.3 Å². The molecule has 1 unspecified atom stereocenters. The van der Waals surface area contributed by atoms with Crippen molar-refractivity contribution in [3.63, 3.8) is 0 Å². The van der Waals surface area contributed by atoms with Crippen LogP contribution in [0.25, 0.3) is 0 Å². The molecule has 120 valence electrons. The first kappa shape index (κ1) is 19.6. The van der Waals surface area contributed by atoms with Gasteiger partial charge < -0.3 is 18.6 Å². The lowest BCUT2D eigenvalue weighted by molar-refractivity contribution is -0.146. The molecule has 1 atom stereocenters. The lowest BCUT2D eigenvalue weighted by Gasteiger charge is -2.39. The van der Waals surface area contributed by atoms with Gasteiger partial charge in [-0.15, -0.1) is 0 Å². The number of hydrogen-bond acceptors (Lipinski definition) is 5. The summed E-state index contributed by atoms with van der Waals surface area (Å²) in [5.41, 5.74) is 0. The highest BCUT2D eigenvalue weighted by Crippen LogP contribution is 2.38. The van der Waals surface area contributed by atoms with E-state index in [1.54, 1.807) is 14.2 Å². The smallest absolute Gasteiger partial charge is 0.308 e. The van der Waals surface area contributed by atoms with Gasteiger partial charge in [-0.25, -0.2) is 0 Å². The lowest BCUT2D eigenvalue weighted by Crippen LogP contribution is -2.45. The summed E-state index contributed by atoms with van der Waals surface area (Å²) in [5.74, 6) is -0.278. The molecule has 6 heteroatoms. The maximum absolute atomic E-state index is 11.5. The van der Waals surface area contributed by atoms with Crippen molar-refractivity contribution in [1.29, 1.82) is 0 Å². The van der Waals surface area contributed by atoms with E-state index in [1.165, 1.54) is 7.11 Å². The third-order valence-electron chi connectivity index (χ3n) is 3.87. The van der Waals surface area contributed by atoms with Crippen LogP contribution in [0.4, 0.5) is 0 Å². The Labute approximate surface area is 124 Å². The Hall–Kier alpha value is -0.433. The predicted molar refractivity (Wildman–Crippen MR) is 81.1 cm³/mol. The van der Waals surface area contributed by atoms with Gasteiger partial charge in [0.25, 0.3) is 0 Å². The minimum absolute atomic E-state index is 0.0804. The molecule has 0 spiro atoms. The van der Waals surface area contributed by atoms with Gasteiger partial charge in [-0.05, 0) is 18.1 Å². The van der Waals surface area contributed by atoms with Crippen LogP contribution in [-0.4, -0.2) is 48.0 Å². The molecule has 0 aliphatic heterocycles. The maximum Gasteiger partial charge on any atom is 0.308 e. The third-order valence-corrected chi connectivity index (χ3v) is 8.41. The first-order chi connectivity index (χ1) is 9.07. The quantitative estimate of drug-likeness (QED) is 0.392. The Morgan fingerprint density at radius 2 is 1.60 bits per heavy atom. The lowest BCUT2D eigenvalue weighted by atomic mass is 10.2. The normalized spacial score (nSPS) is 14.4. The highest BCUT2D eigenvalue weighted by molar-refractivity contribution is 6.74. The monoisotopic (exact) mass is 306 g/mol. The predicted octanol–water partition coefficient (Wildman–Crippen LogP) is 2.95. The van der Waals surface area contributed by atoms with Crippen molar-refractivity contribution in [2.24, 2.45) is 0 Å². The summed E-state index contributed by atoms with van der Waals surface area (Å²) in [5, 5.41) is 0.0804. The van der Waals surface area contributed by atoms with Crippen LogP contribution >= 0.6 is 0 Å². The molecule has 0 rings (SSSR count). The van der Waals surface area contributed by atoms with Crippen LogP contribution in [0, 0.1) is 0 Å². The van der Waals surface area contributed by atoms with Crippen molar-refractivity contribution in [1.82, 2.24) is 0 Å².